The van der Waals surface area contributed by atoms with Gasteiger partial charge >= 0.3 is 0 Å². The zero-order valence-corrected chi connectivity index (χ0v) is 6.37. The van der Waals surface area contributed by atoms with Crippen molar-refractivity contribution in [3.05, 3.63) is 24.0 Å². The van der Waals surface area contributed by atoms with Crippen LogP contribution in [0.1, 0.15) is 25.6 Å². The first kappa shape index (κ1) is 7.35. The quantitative estimate of drug-likeness (QED) is 0.597. The van der Waals surface area contributed by atoms with E-state index in [4.69, 9.17) is 0 Å². The minimum absolute atomic E-state index is 0.120. The first-order chi connectivity index (χ1) is 4.75. The molecule has 2 heteroatoms. The van der Waals surface area contributed by atoms with Crippen LogP contribution in [0.3, 0.4) is 0 Å². The molecule has 10 heavy (non-hydrogen) atoms. The molecule has 2 nitrogen and oxygen atoms in total. The summed E-state index contributed by atoms with van der Waals surface area (Å²) in [5, 5.41) is 10.5. The standard InChI is InChI=1S/C8H12NO/c1-7(2)9-5-3-4-8(9)6-10/h3-5,7H,6H2,1-2H3. The smallest absolute Gasteiger partial charge is 0.122 e. The third-order valence-electron chi connectivity index (χ3n) is 1.57. The number of rotatable bonds is 2. The van der Waals surface area contributed by atoms with Crippen molar-refractivity contribution in [1.82, 2.24) is 4.57 Å². The highest BCUT2D eigenvalue weighted by Crippen LogP contribution is 2.09. The van der Waals surface area contributed by atoms with E-state index in [9.17, 15) is 5.11 Å². The number of aromatic nitrogens is 1. The van der Waals surface area contributed by atoms with Gasteiger partial charge in [0.05, 0.1) is 0 Å². The number of hydrogen-bond acceptors (Lipinski definition) is 0. The Hall–Kier alpha value is -0.760. The molecular weight excluding hydrogens is 126 g/mol. The monoisotopic (exact) mass is 138 g/mol. The van der Waals surface area contributed by atoms with Crippen molar-refractivity contribution in [3.63, 3.8) is 0 Å². The average Bonchev–Trinajstić information content (AvgIpc) is 2.33. The topological polar surface area (TPSA) is 24.8 Å². The second-order valence-corrected chi connectivity index (χ2v) is 2.64. The summed E-state index contributed by atoms with van der Waals surface area (Å²) in [6.45, 7) is 4.02. The van der Waals surface area contributed by atoms with E-state index in [-0.39, 0.29) is 6.61 Å². The predicted molar refractivity (Wildman–Crippen MR) is 39.2 cm³/mol. The maximum absolute atomic E-state index is 10.5. The molecule has 0 aliphatic heterocycles. The van der Waals surface area contributed by atoms with Crippen LogP contribution in [0.2, 0.25) is 0 Å². The molecule has 0 saturated carbocycles. The van der Waals surface area contributed by atoms with Gasteiger partial charge in [-0.2, -0.15) is 0 Å². The predicted octanol–water partition coefficient (Wildman–Crippen LogP) is 2.00. The van der Waals surface area contributed by atoms with Crippen molar-refractivity contribution in [3.8, 4) is 0 Å². The Labute approximate surface area is 61.1 Å². The Balaban J connectivity index is 2.90. The molecule has 0 aliphatic carbocycles. The van der Waals surface area contributed by atoms with E-state index in [1.54, 1.807) is 0 Å². The van der Waals surface area contributed by atoms with Gasteiger partial charge in [-0.15, -0.1) is 0 Å². The zero-order valence-electron chi connectivity index (χ0n) is 6.37. The second kappa shape index (κ2) is 2.88. The molecule has 0 aromatic carbocycles. The SMILES string of the molecule is CC(C)n1cccc1C[O]. The lowest BCUT2D eigenvalue weighted by molar-refractivity contribution is 0.169. The van der Waals surface area contributed by atoms with E-state index < -0.39 is 0 Å². The number of nitrogens with zero attached hydrogens (tertiary/aromatic N) is 1. The maximum Gasteiger partial charge on any atom is 0.122 e. The summed E-state index contributed by atoms with van der Waals surface area (Å²) >= 11 is 0. The molecule has 0 amide bonds. The molecular formula is C8H12NO. The van der Waals surface area contributed by atoms with E-state index in [1.807, 2.05) is 22.9 Å². The van der Waals surface area contributed by atoms with Gasteiger partial charge in [0, 0.05) is 17.9 Å². The van der Waals surface area contributed by atoms with Crippen LogP contribution in [0, 0.1) is 0 Å². The summed E-state index contributed by atoms with van der Waals surface area (Å²) in [6, 6.07) is 4.18. The summed E-state index contributed by atoms with van der Waals surface area (Å²) in [5.41, 5.74) is 0.870. The third-order valence-corrected chi connectivity index (χ3v) is 1.57. The van der Waals surface area contributed by atoms with Crippen molar-refractivity contribution in [2.45, 2.75) is 26.5 Å². The summed E-state index contributed by atoms with van der Waals surface area (Å²) < 4.78 is 1.99. The Morgan fingerprint density at radius 3 is 2.70 bits per heavy atom. The van der Waals surface area contributed by atoms with Crippen LogP contribution < -0.4 is 0 Å². The summed E-state index contributed by atoms with van der Waals surface area (Å²) in [5.74, 6) is 0. The van der Waals surface area contributed by atoms with Gasteiger partial charge in [-0.1, -0.05) is 0 Å². The Morgan fingerprint density at radius 1 is 1.60 bits per heavy atom. The Morgan fingerprint density at radius 2 is 2.30 bits per heavy atom. The molecule has 1 heterocycles. The van der Waals surface area contributed by atoms with E-state index in [1.165, 1.54) is 0 Å². The second-order valence-electron chi connectivity index (χ2n) is 2.64. The largest absolute Gasteiger partial charge is 0.347 e. The highest BCUT2D eigenvalue weighted by Gasteiger charge is 2.01. The fourth-order valence-electron chi connectivity index (χ4n) is 1.06. The number of hydrogen-bond donors (Lipinski definition) is 0. The molecule has 0 fully saturated rings. The highest BCUT2D eigenvalue weighted by atomic mass is 16.3. The van der Waals surface area contributed by atoms with Crippen LogP contribution >= 0.6 is 0 Å². The van der Waals surface area contributed by atoms with Crippen LogP contribution in [0.15, 0.2) is 18.3 Å². The summed E-state index contributed by atoms with van der Waals surface area (Å²) in [6.07, 6.45) is 1.94. The van der Waals surface area contributed by atoms with Gasteiger partial charge in [-0.25, -0.2) is 5.11 Å². The molecule has 0 saturated heterocycles. The van der Waals surface area contributed by atoms with Crippen LogP contribution in [0.4, 0.5) is 0 Å². The lowest BCUT2D eigenvalue weighted by atomic mass is 10.3. The summed E-state index contributed by atoms with van der Waals surface area (Å²) in [7, 11) is 0. The van der Waals surface area contributed by atoms with Crippen LogP contribution in [-0.4, -0.2) is 4.57 Å². The van der Waals surface area contributed by atoms with Crippen molar-refractivity contribution in [2.75, 3.05) is 0 Å². The first-order valence-corrected chi connectivity index (χ1v) is 3.49. The first-order valence-electron chi connectivity index (χ1n) is 3.49. The molecule has 1 radical (unpaired) electrons. The summed E-state index contributed by atoms with van der Waals surface area (Å²) in [4.78, 5) is 0. The molecule has 0 N–H and O–H groups in total. The molecule has 0 aliphatic rings. The van der Waals surface area contributed by atoms with E-state index in [2.05, 4.69) is 13.8 Å². The van der Waals surface area contributed by atoms with Gasteiger partial charge in [0.1, 0.15) is 6.61 Å². The molecule has 0 spiro atoms. The minimum atomic E-state index is -0.120. The van der Waals surface area contributed by atoms with Gasteiger partial charge in [-0.05, 0) is 26.0 Å². The fourth-order valence-corrected chi connectivity index (χ4v) is 1.06. The molecule has 1 aromatic rings. The van der Waals surface area contributed by atoms with Crippen molar-refractivity contribution in [1.29, 1.82) is 0 Å². The molecule has 55 valence electrons. The van der Waals surface area contributed by atoms with Crippen LogP contribution in [0.25, 0.3) is 0 Å². The van der Waals surface area contributed by atoms with Gasteiger partial charge in [0.2, 0.25) is 0 Å². The molecule has 1 aromatic heterocycles. The van der Waals surface area contributed by atoms with Gasteiger partial charge in [-0.3, -0.25) is 0 Å². The lowest BCUT2D eigenvalue weighted by Crippen LogP contribution is -2.02. The zero-order chi connectivity index (χ0) is 7.56. The molecule has 1 rings (SSSR count). The average molecular weight is 138 g/mol. The van der Waals surface area contributed by atoms with E-state index >= 15 is 0 Å². The van der Waals surface area contributed by atoms with Gasteiger partial charge in [0.15, 0.2) is 0 Å². The highest BCUT2D eigenvalue weighted by molar-refractivity contribution is 5.06. The van der Waals surface area contributed by atoms with Gasteiger partial charge in [0.25, 0.3) is 0 Å². The van der Waals surface area contributed by atoms with E-state index in [0.29, 0.717) is 6.04 Å². The van der Waals surface area contributed by atoms with E-state index in [0.717, 1.165) is 5.69 Å². The fraction of sp³-hybridized carbons (Fsp3) is 0.500. The Bertz CT molecular complexity index is 203. The van der Waals surface area contributed by atoms with Crippen LogP contribution in [-0.2, 0) is 11.7 Å². The van der Waals surface area contributed by atoms with Crippen LogP contribution in [0.5, 0.6) is 0 Å². The van der Waals surface area contributed by atoms with Crippen molar-refractivity contribution in [2.24, 2.45) is 0 Å². The normalized spacial score (nSPS) is 10.8. The lowest BCUT2D eigenvalue weighted by Gasteiger charge is -2.09. The molecule has 0 atom stereocenters. The Kier molecular flexibility index (Phi) is 2.12. The van der Waals surface area contributed by atoms with Crippen molar-refractivity contribution >= 4 is 0 Å². The minimum Gasteiger partial charge on any atom is -0.347 e. The molecule has 0 unspecified atom stereocenters. The van der Waals surface area contributed by atoms with Crippen molar-refractivity contribution < 1.29 is 5.11 Å². The third kappa shape index (κ3) is 1.21. The van der Waals surface area contributed by atoms with Gasteiger partial charge < -0.3 is 4.57 Å². The maximum atomic E-state index is 10.5. The molecule has 0 bridgehead atoms.